The molecule has 3 aliphatic rings. The van der Waals surface area contributed by atoms with E-state index in [0.29, 0.717) is 53.1 Å². The molecule has 2 aliphatic carbocycles. The molecule has 2 saturated carbocycles. The number of methoxy groups -OCH3 is 1. The maximum Gasteiger partial charge on any atom is 0.331 e. The van der Waals surface area contributed by atoms with Crippen molar-refractivity contribution in [2.24, 2.45) is 5.92 Å². The molecule has 5 heterocycles. The Kier molecular flexibility index (Phi) is 7.38. The van der Waals surface area contributed by atoms with Crippen molar-refractivity contribution in [1.29, 1.82) is 0 Å². The van der Waals surface area contributed by atoms with E-state index in [-0.39, 0.29) is 42.9 Å². The number of carbonyl (C=O) groups is 3. The van der Waals surface area contributed by atoms with Gasteiger partial charge in [-0.15, -0.1) is 0 Å². The molecule has 4 aromatic heterocycles. The van der Waals surface area contributed by atoms with Gasteiger partial charge in [0.1, 0.15) is 18.2 Å². The van der Waals surface area contributed by atoms with Gasteiger partial charge in [0.2, 0.25) is 17.8 Å². The summed E-state index contributed by atoms with van der Waals surface area (Å²) in [5.41, 5.74) is 4.58. The highest BCUT2D eigenvalue weighted by molar-refractivity contribution is 14.1. The summed E-state index contributed by atoms with van der Waals surface area (Å²) in [7, 11) is 3.08. The number of rotatable bonds is 10. The van der Waals surface area contributed by atoms with Crippen molar-refractivity contribution >= 4 is 63.5 Å². The van der Waals surface area contributed by atoms with Gasteiger partial charge in [0.15, 0.2) is 5.65 Å². The molecule has 4 amide bonds. The summed E-state index contributed by atoms with van der Waals surface area (Å²) < 4.78 is 6.81. The highest BCUT2D eigenvalue weighted by Crippen LogP contribution is 2.59. The van der Waals surface area contributed by atoms with Gasteiger partial charge in [0.25, 0.3) is 0 Å². The number of fused-ring (bicyclic) bond motifs is 1. The number of carbonyl (C=O) groups excluding carboxylic acids is 3. The number of pyridine rings is 1. The number of aromatic nitrogens is 6. The Morgan fingerprint density at radius 3 is 2.71 bits per heavy atom. The zero-order valence-electron chi connectivity index (χ0n) is 25.0. The minimum Gasteiger partial charge on any atom is -0.380 e. The second-order valence-electron chi connectivity index (χ2n) is 11.7. The molecule has 0 spiro atoms. The number of aryl methyl sites for hydroxylation is 1. The number of urea groups is 1. The lowest BCUT2D eigenvalue weighted by molar-refractivity contribution is -0.124. The number of hydrogen-bond acceptors (Lipinski definition) is 10. The van der Waals surface area contributed by atoms with Crippen molar-refractivity contribution in [2.75, 3.05) is 36.2 Å². The number of hydrogen-bond donors (Lipinski definition) is 2. The van der Waals surface area contributed by atoms with Crippen LogP contribution in [0.15, 0.2) is 36.9 Å². The smallest absolute Gasteiger partial charge is 0.331 e. The lowest BCUT2D eigenvalue weighted by Gasteiger charge is -2.17. The standard InChI is InChI=1S/C30H31IN10O4/c1-16-6-7-32-27(35-16)30(31)9-21(30)26(43)38-28-34-10-19(15-45-3)24(37-28)33-11-20-13-40-12-18(17-4-5-17)8-22(25(40)36-20)41-14-23(42)39(2)29(41)44/h6-8,10,12-13,17,21H,4-5,9,11,14-15H2,1-3H3,(H2,33,34,37,38,43)/t21-,30-/m1/s1. The second-order valence-corrected chi connectivity index (χ2v) is 13.6. The maximum atomic E-state index is 13.2. The maximum absolute atomic E-state index is 13.2. The minimum atomic E-state index is -0.464. The van der Waals surface area contributed by atoms with Crippen LogP contribution in [0.1, 0.15) is 53.5 Å². The highest BCUT2D eigenvalue weighted by Gasteiger charge is 2.60. The number of halogens is 1. The van der Waals surface area contributed by atoms with Crippen LogP contribution in [0.25, 0.3) is 5.65 Å². The Morgan fingerprint density at radius 1 is 1.18 bits per heavy atom. The van der Waals surface area contributed by atoms with Crippen LogP contribution in [0.4, 0.5) is 22.2 Å². The zero-order valence-corrected chi connectivity index (χ0v) is 27.1. The molecule has 15 heteroatoms. The van der Waals surface area contributed by atoms with Crippen molar-refractivity contribution < 1.29 is 19.1 Å². The van der Waals surface area contributed by atoms with Crippen molar-refractivity contribution in [1.82, 2.24) is 34.2 Å². The van der Waals surface area contributed by atoms with Gasteiger partial charge < -0.3 is 14.5 Å². The van der Waals surface area contributed by atoms with Gasteiger partial charge in [-0.2, -0.15) is 4.98 Å². The summed E-state index contributed by atoms with van der Waals surface area (Å²) in [6.45, 7) is 2.45. The molecule has 0 bridgehead atoms. The van der Waals surface area contributed by atoms with Crippen LogP contribution in [0.5, 0.6) is 0 Å². The largest absolute Gasteiger partial charge is 0.380 e. The average molecular weight is 723 g/mol. The van der Waals surface area contributed by atoms with E-state index in [4.69, 9.17) is 9.72 Å². The number of anilines is 3. The number of ether oxygens (including phenoxy) is 1. The van der Waals surface area contributed by atoms with Crippen molar-refractivity contribution in [3.63, 3.8) is 0 Å². The van der Waals surface area contributed by atoms with Crippen LogP contribution in [-0.2, 0) is 30.9 Å². The Hall–Kier alpha value is -4.25. The average Bonchev–Trinajstić information content (AvgIpc) is 3.93. The number of likely N-dealkylation sites (N-methyl/N-ethyl adjacent to an activating group) is 1. The van der Waals surface area contributed by atoms with E-state index >= 15 is 0 Å². The number of nitrogens with zero attached hydrogens (tertiary/aromatic N) is 8. The third-order valence-corrected chi connectivity index (χ3v) is 10.0. The summed E-state index contributed by atoms with van der Waals surface area (Å²) >= 11 is 2.26. The lowest BCUT2D eigenvalue weighted by Crippen LogP contribution is -2.30. The molecular formula is C30H31IN10O4. The summed E-state index contributed by atoms with van der Waals surface area (Å²) in [5.74, 6) is 1.00. The minimum absolute atomic E-state index is 0.0209. The fraction of sp³-hybridized carbons (Fsp3) is 0.400. The summed E-state index contributed by atoms with van der Waals surface area (Å²) in [4.78, 5) is 63.6. The van der Waals surface area contributed by atoms with Crippen molar-refractivity contribution in [2.45, 2.75) is 48.7 Å². The van der Waals surface area contributed by atoms with Gasteiger partial charge in [0, 0.05) is 50.2 Å². The summed E-state index contributed by atoms with van der Waals surface area (Å²) in [5, 5.41) is 6.18. The summed E-state index contributed by atoms with van der Waals surface area (Å²) in [6, 6.07) is 3.44. The second kappa shape index (κ2) is 11.3. The topological polar surface area (TPSA) is 160 Å². The van der Waals surface area contributed by atoms with Crippen molar-refractivity contribution in [3.8, 4) is 0 Å². The SMILES string of the molecule is COCc1cnc(NC(=O)[C@H]2C[C@]2(I)c2nccc(C)n2)nc1NCc1cn2cc(C3CC3)cc(N3CC(=O)N(C)C3=O)c2n1. The predicted octanol–water partition coefficient (Wildman–Crippen LogP) is 3.55. The fourth-order valence-corrected chi connectivity index (χ4v) is 6.53. The molecule has 4 aromatic rings. The van der Waals surface area contributed by atoms with Crippen LogP contribution in [0, 0.1) is 12.8 Å². The van der Waals surface area contributed by atoms with Gasteiger partial charge in [-0.1, -0.05) is 22.6 Å². The Morgan fingerprint density at radius 2 is 2.00 bits per heavy atom. The molecule has 3 fully saturated rings. The molecule has 0 aromatic carbocycles. The summed E-state index contributed by atoms with van der Waals surface area (Å²) in [6.07, 6.45) is 10.1. The van der Waals surface area contributed by atoms with Crippen LogP contribution < -0.4 is 15.5 Å². The predicted molar refractivity (Wildman–Crippen MR) is 172 cm³/mol. The number of amides is 4. The normalized spacial score (nSPS) is 21.1. The van der Waals surface area contributed by atoms with Gasteiger partial charge in [0.05, 0.1) is 33.9 Å². The molecule has 7 rings (SSSR count). The molecule has 1 aliphatic heterocycles. The molecule has 232 valence electrons. The molecular weight excluding hydrogens is 691 g/mol. The quantitative estimate of drug-likeness (QED) is 0.141. The molecule has 2 atom stereocenters. The van der Waals surface area contributed by atoms with Crippen LogP contribution in [-0.4, -0.2) is 72.8 Å². The molecule has 45 heavy (non-hydrogen) atoms. The third kappa shape index (κ3) is 5.58. The number of alkyl halides is 1. The highest BCUT2D eigenvalue weighted by atomic mass is 127. The van der Waals surface area contributed by atoms with E-state index in [1.807, 2.05) is 35.9 Å². The first kappa shape index (κ1) is 29.5. The van der Waals surface area contributed by atoms with Crippen LogP contribution in [0.2, 0.25) is 0 Å². The first-order valence-electron chi connectivity index (χ1n) is 14.6. The number of imide groups is 1. The first-order chi connectivity index (χ1) is 21.6. The van der Waals surface area contributed by atoms with E-state index < -0.39 is 3.42 Å². The van der Waals surface area contributed by atoms with Gasteiger partial charge in [-0.05, 0) is 49.8 Å². The van der Waals surface area contributed by atoms with Gasteiger partial charge in [-0.25, -0.2) is 24.7 Å². The molecule has 0 unspecified atom stereocenters. The monoisotopic (exact) mass is 722 g/mol. The molecule has 0 radical (unpaired) electrons. The Bertz CT molecular complexity index is 1860. The molecule has 14 nitrogen and oxygen atoms in total. The number of imidazole rings is 1. The Balaban J connectivity index is 1.11. The molecule has 1 saturated heterocycles. The van der Waals surface area contributed by atoms with Crippen molar-refractivity contribution in [3.05, 3.63) is 65.3 Å². The van der Waals surface area contributed by atoms with E-state index in [1.54, 1.807) is 19.5 Å². The third-order valence-electron chi connectivity index (χ3n) is 8.34. The lowest BCUT2D eigenvalue weighted by atomic mass is 10.1. The first-order valence-corrected chi connectivity index (χ1v) is 15.7. The van der Waals surface area contributed by atoms with Gasteiger partial charge >= 0.3 is 6.03 Å². The number of nitrogens with one attached hydrogen (secondary N) is 2. The fourth-order valence-electron chi connectivity index (χ4n) is 5.55. The van der Waals surface area contributed by atoms with E-state index in [9.17, 15) is 14.4 Å². The van der Waals surface area contributed by atoms with E-state index in [2.05, 4.69) is 53.2 Å². The molecule has 2 N–H and O–H groups in total. The van der Waals surface area contributed by atoms with Crippen LogP contribution in [0.3, 0.4) is 0 Å². The van der Waals surface area contributed by atoms with Gasteiger partial charge in [-0.3, -0.25) is 24.7 Å². The van der Waals surface area contributed by atoms with Crippen LogP contribution >= 0.6 is 22.6 Å². The van der Waals surface area contributed by atoms with E-state index in [0.717, 1.165) is 29.0 Å². The zero-order chi connectivity index (χ0) is 31.5. The van der Waals surface area contributed by atoms with E-state index in [1.165, 1.54) is 11.9 Å². The Labute approximate surface area is 272 Å².